The van der Waals surface area contributed by atoms with Gasteiger partial charge in [-0.2, -0.15) is 0 Å². The van der Waals surface area contributed by atoms with Crippen LogP contribution < -0.4 is 5.73 Å². The van der Waals surface area contributed by atoms with Crippen LogP contribution >= 0.6 is 11.6 Å². The van der Waals surface area contributed by atoms with Gasteiger partial charge in [-0.05, 0) is 35.9 Å². The molecule has 0 aliphatic carbocycles. The Morgan fingerprint density at radius 2 is 1.71 bits per heavy atom. The summed E-state index contributed by atoms with van der Waals surface area (Å²) in [6, 6.07) is 6.06. The summed E-state index contributed by atoms with van der Waals surface area (Å²) in [6.45, 7) is 0. The zero-order chi connectivity index (χ0) is 12.7. The van der Waals surface area contributed by atoms with Crippen molar-refractivity contribution < 1.29 is 9.90 Å². The fourth-order valence-corrected chi connectivity index (χ4v) is 0.938. The first kappa shape index (κ1) is 12.9. The second-order valence-electron chi connectivity index (χ2n) is 2.83. The minimum Gasteiger partial charge on any atom is -0.478 e. The molecule has 2 rings (SSSR count). The van der Waals surface area contributed by atoms with Crippen molar-refractivity contribution in [1.29, 1.82) is 0 Å². The summed E-state index contributed by atoms with van der Waals surface area (Å²) >= 11 is 5.28. The lowest BCUT2D eigenvalue weighted by Gasteiger charge is -1.93. The Bertz CT molecular complexity index is 475. The van der Waals surface area contributed by atoms with Crippen LogP contribution in [0.15, 0.2) is 36.9 Å². The molecular formula is C10H9ClN4O2. The van der Waals surface area contributed by atoms with Gasteiger partial charge in [0.1, 0.15) is 12.7 Å². The highest BCUT2D eigenvalue weighted by atomic mass is 35.5. The minimum atomic E-state index is -0.931. The van der Waals surface area contributed by atoms with Gasteiger partial charge in [-0.1, -0.05) is 0 Å². The van der Waals surface area contributed by atoms with Crippen LogP contribution in [0, 0.1) is 0 Å². The first-order chi connectivity index (χ1) is 8.09. The van der Waals surface area contributed by atoms with Crippen molar-refractivity contribution in [3.63, 3.8) is 0 Å². The minimum absolute atomic E-state index is 0.231. The summed E-state index contributed by atoms with van der Waals surface area (Å²) in [5.41, 5.74) is 6.17. The third kappa shape index (κ3) is 4.89. The molecule has 0 saturated carbocycles. The van der Waals surface area contributed by atoms with E-state index < -0.39 is 5.97 Å². The lowest BCUT2D eigenvalue weighted by atomic mass is 10.2. The summed E-state index contributed by atoms with van der Waals surface area (Å²) in [5.74, 6) is -0.931. The summed E-state index contributed by atoms with van der Waals surface area (Å²) in [6.07, 6.45) is 2.69. The van der Waals surface area contributed by atoms with Gasteiger partial charge >= 0.3 is 5.97 Å². The molecule has 2 aromatic rings. The normalized spacial score (nSPS) is 9.00. The Morgan fingerprint density at radius 3 is 2.06 bits per heavy atom. The maximum atomic E-state index is 10.3. The van der Waals surface area contributed by atoms with Gasteiger partial charge in [0, 0.05) is 5.69 Å². The van der Waals surface area contributed by atoms with E-state index in [0.717, 1.165) is 0 Å². The third-order valence-electron chi connectivity index (χ3n) is 1.62. The number of hydrogen-bond acceptors (Lipinski definition) is 5. The Labute approximate surface area is 102 Å². The highest BCUT2D eigenvalue weighted by Crippen LogP contribution is 2.04. The van der Waals surface area contributed by atoms with Crippen molar-refractivity contribution in [1.82, 2.24) is 15.0 Å². The van der Waals surface area contributed by atoms with Crippen molar-refractivity contribution in [3.8, 4) is 0 Å². The summed E-state index contributed by atoms with van der Waals surface area (Å²) in [5, 5.41) is 8.67. The molecule has 6 nitrogen and oxygen atoms in total. The van der Waals surface area contributed by atoms with Gasteiger partial charge in [0.05, 0.1) is 5.56 Å². The molecule has 1 aromatic heterocycles. The van der Waals surface area contributed by atoms with Crippen LogP contribution in [0.5, 0.6) is 0 Å². The van der Waals surface area contributed by atoms with Gasteiger partial charge in [0.2, 0.25) is 5.28 Å². The van der Waals surface area contributed by atoms with Gasteiger partial charge in [-0.25, -0.2) is 19.7 Å². The van der Waals surface area contributed by atoms with Crippen LogP contribution in [0.2, 0.25) is 5.28 Å². The molecule has 0 aliphatic rings. The molecule has 0 spiro atoms. The van der Waals surface area contributed by atoms with Crippen LogP contribution in [0.25, 0.3) is 0 Å². The van der Waals surface area contributed by atoms with E-state index in [1.165, 1.54) is 24.8 Å². The molecule has 0 unspecified atom stereocenters. The first-order valence-electron chi connectivity index (χ1n) is 4.46. The second kappa shape index (κ2) is 6.39. The van der Waals surface area contributed by atoms with E-state index >= 15 is 0 Å². The Balaban J connectivity index is 0.000000181. The Morgan fingerprint density at radius 1 is 1.18 bits per heavy atom. The number of benzene rings is 1. The number of halogens is 1. The van der Waals surface area contributed by atoms with Crippen molar-refractivity contribution in [2.24, 2.45) is 0 Å². The largest absolute Gasteiger partial charge is 0.478 e. The number of aromatic nitrogens is 3. The molecule has 0 amide bonds. The maximum Gasteiger partial charge on any atom is 0.335 e. The highest BCUT2D eigenvalue weighted by Gasteiger charge is 1.98. The molecule has 3 N–H and O–H groups in total. The van der Waals surface area contributed by atoms with Crippen LogP contribution in [0.3, 0.4) is 0 Å². The zero-order valence-corrected chi connectivity index (χ0v) is 9.37. The number of rotatable bonds is 1. The van der Waals surface area contributed by atoms with E-state index in [2.05, 4.69) is 15.0 Å². The molecule has 0 fully saturated rings. The molecular weight excluding hydrogens is 244 g/mol. The summed E-state index contributed by atoms with van der Waals surface area (Å²) in [7, 11) is 0. The van der Waals surface area contributed by atoms with Crippen LogP contribution in [0.4, 0.5) is 5.69 Å². The highest BCUT2D eigenvalue weighted by molar-refractivity contribution is 6.28. The third-order valence-corrected chi connectivity index (χ3v) is 1.81. The van der Waals surface area contributed by atoms with E-state index in [-0.39, 0.29) is 10.8 Å². The second-order valence-corrected chi connectivity index (χ2v) is 3.17. The van der Waals surface area contributed by atoms with Crippen LogP contribution in [-0.4, -0.2) is 26.0 Å². The zero-order valence-electron chi connectivity index (χ0n) is 8.62. The molecule has 0 saturated heterocycles. The number of nitrogens with zero attached hydrogens (tertiary/aromatic N) is 3. The molecule has 1 aromatic carbocycles. The number of carboxylic acid groups (broad SMARTS) is 1. The number of hydrogen-bond donors (Lipinski definition) is 2. The predicted molar refractivity (Wildman–Crippen MR) is 62.7 cm³/mol. The van der Waals surface area contributed by atoms with E-state index in [0.29, 0.717) is 5.69 Å². The van der Waals surface area contributed by atoms with Crippen LogP contribution in [0.1, 0.15) is 10.4 Å². The van der Waals surface area contributed by atoms with Gasteiger partial charge in [0.15, 0.2) is 0 Å². The summed E-state index contributed by atoms with van der Waals surface area (Å²) < 4.78 is 0. The van der Waals surface area contributed by atoms with Gasteiger partial charge in [-0.3, -0.25) is 0 Å². The quantitative estimate of drug-likeness (QED) is 0.746. The van der Waals surface area contributed by atoms with E-state index in [9.17, 15) is 4.79 Å². The molecule has 7 heteroatoms. The summed E-state index contributed by atoms with van der Waals surface area (Å²) in [4.78, 5) is 20.9. The van der Waals surface area contributed by atoms with E-state index in [4.69, 9.17) is 22.4 Å². The lowest BCUT2D eigenvalue weighted by molar-refractivity contribution is 0.0697. The average Bonchev–Trinajstić information content (AvgIpc) is 2.31. The predicted octanol–water partition coefficient (Wildman–Crippen LogP) is 1.49. The Hall–Kier alpha value is -2.21. The molecule has 17 heavy (non-hydrogen) atoms. The van der Waals surface area contributed by atoms with Crippen molar-refractivity contribution in [2.75, 3.05) is 5.73 Å². The first-order valence-corrected chi connectivity index (χ1v) is 4.83. The topological polar surface area (TPSA) is 102 Å². The molecule has 1 heterocycles. The van der Waals surface area contributed by atoms with E-state index in [1.807, 2.05) is 0 Å². The molecule has 0 aliphatic heterocycles. The number of nitrogen functional groups attached to an aromatic ring is 1. The molecule has 0 atom stereocenters. The number of carbonyl (C=O) groups is 1. The molecule has 88 valence electrons. The van der Waals surface area contributed by atoms with Crippen molar-refractivity contribution >= 4 is 23.3 Å². The number of anilines is 1. The fourth-order valence-electron chi connectivity index (χ4n) is 0.851. The molecule has 0 radical (unpaired) electrons. The maximum absolute atomic E-state index is 10.3. The number of aromatic carboxylic acids is 1. The van der Waals surface area contributed by atoms with Crippen molar-refractivity contribution in [2.45, 2.75) is 0 Å². The van der Waals surface area contributed by atoms with E-state index in [1.54, 1.807) is 12.1 Å². The van der Waals surface area contributed by atoms with Crippen LogP contribution in [-0.2, 0) is 0 Å². The Kier molecular flexibility index (Phi) is 4.83. The average molecular weight is 253 g/mol. The standard InChI is InChI=1S/C7H7NO2.C3H2ClN3/c8-6-3-1-5(2-4-6)7(9)10;4-3-6-1-5-2-7-3/h1-4H,8H2,(H,9,10);1-2H. The van der Waals surface area contributed by atoms with Crippen molar-refractivity contribution in [3.05, 3.63) is 47.8 Å². The molecule has 0 bridgehead atoms. The smallest absolute Gasteiger partial charge is 0.335 e. The lowest BCUT2D eigenvalue weighted by Crippen LogP contribution is -1.95. The fraction of sp³-hybridized carbons (Fsp3) is 0. The van der Waals surface area contributed by atoms with Gasteiger partial charge in [-0.15, -0.1) is 0 Å². The van der Waals surface area contributed by atoms with Gasteiger partial charge < -0.3 is 10.8 Å². The number of nitrogens with two attached hydrogens (primary N) is 1. The monoisotopic (exact) mass is 252 g/mol. The SMILES string of the molecule is Clc1ncncn1.Nc1ccc(C(=O)O)cc1. The number of carboxylic acids is 1. The van der Waals surface area contributed by atoms with Gasteiger partial charge in [0.25, 0.3) is 0 Å².